The number of aliphatic hydroxyl groups excluding tert-OH is 1. The van der Waals surface area contributed by atoms with Crippen LogP contribution in [0.5, 0.6) is 0 Å². The Morgan fingerprint density at radius 2 is 2.00 bits per heavy atom. The molecule has 0 bridgehead atoms. The predicted molar refractivity (Wildman–Crippen MR) is 57.8 cm³/mol. The third-order valence-electron chi connectivity index (χ3n) is 2.25. The van der Waals surface area contributed by atoms with Gasteiger partial charge in [0.1, 0.15) is 0 Å². The van der Waals surface area contributed by atoms with Gasteiger partial charge in [-0.2, -0.15) is 5.26 Å². The minimum atomic E-state index is 0.294. The maximum absolute atomic E-state index is 8.78. The molecule has 3 heteroatoms. The maximum Gasteiger partial charge on any atom is 0.0621 e. The molecule has 0 aliphatic heterocycles. The number of unbranched alkanes of at least 4 members (excludes halogenated alkanes) is 2. The van der Waals surface area contributed by atoms with Gasteiger partial charge in [0.25, 0.3) is 0 Å². The molecule has 0 aromatic rings. The molecule has 82 valence electrons. The summed E-state index contributed by atoms with van der Waals surface area (Å²) in [6.45, 7) is 4.39. The third kappa shape index (κ3) is 9.50. The fourth-order valence-electron chi connectivity index (χ4n) is 1.25. The van der Waals surface area contributed by atoms with Gasteiger partial charge in [-0.05, 0) is 44.7 Å². The Balaban J connectivity index is 2.96. The van der Waals surface area contributed by atoms with Crippen molar-refractivity contribution >= 4 is 0 Å². The van der Waals surface area contributed by atoms with E-state index in [0.717, 1.165) is 38.8 Å². The van der Waals surface area contributed by atoms with Crippen molar-refractivity contribution in [3.63, 3.8) is 0 Å². The summed E-state index contributed by atoms with van der Waals surface area (Å²) in [6.07, 6.45) is 4.96. The molecule has 3 nitrogen and oxygen atoms in total. The standard InChI is InChI=1S/C11H22N2O/c1-11(10-14)6-5-9-13-8-4-2-3-7-12/h11,13-14H,2-6,8-10H2,1H3. The smallest absolute Gasteiger partial charge is 0.0621 e. The monoisotopic (exact) mass is 198 g/mol. The fourth-order valence-corrected chi connectivity index (χ4v) is 1.25. The Hall–Kier alpha value is -0.590. The molecule has 1 unspecified atom stereocenters. The number of hydrogen-bond donors (Lipinski definition) is 2. The number of hydrogen-bond acceptors (Lipinski definition) is 3. The van der Waals surface area contributed by atoms with Gasteiger partial charge in [0.2, 0.25) is 0 Å². The summed E-state index contributed by atoms with van der Waals surface area (Å²) in [5.74, 6) is 0.426. The van der Waals surface area contributed by atoms with Crippen LogP contribution in [0, 0.1) is 17.2 Å². The number of aliphatic hydroxyl groups is 1. The minimum Gasteiger partial charge on any atom is -0.396 e. The molecule has 14 heavy (non-hydrogen) atoms. The van der Waals surface area contributed by atoms with Gasteiger partial charge in [-0.15, -0.1) is 0 Å². The molecule has 0 aromatic heterocycles. The van der Waals surface area contributed by atoms with E-state index in [2.05, 4.69) is 18.3 Å². The van der Waals surface area contributed by atoms with E-state index in [9.17, 15) is 0 Å². The number of nitriles is 1. The highest BCUT2D eigenvalue weighted by Crippen LogP contribution is 2.02. The Labute approximate surface area is 87.1 Å². The van der Waals surface area contributed by atoms with Gasteiger partial charge in [-0.3, -0.25) is 0 Å². The molecule has 0 aromatic carbocycles. The molecule has 0 spiro atoms. The minimum absolute atomic E-state index is 0.294. The van der Waals surface area contributed by atoms with Crippen LogP contribution >= 0.6 is 0 Å². The van der Waals surface area contributed by atoms with Crippen LogP contribution in [-0.4, -0.2) is 24.8 Å². The molecular formula is C11H22N2O. The zero-order valence-corrected chi connectivity index (χ0v) is 9.13. The molecule has 0 fully saturated rings. The van der Waals surface area contributed by atoms with Crippen LogP contribution in [0.1, 0.15) is 39.0 Å². The highest BCUT2D eigenvalue weighted by atomic mass is 16.3. The summed E-state index contributed by atoms with van der Waals surface area (Å²) in [7, 11) is 0. The van der Waals surface area contributed by atoms with E-state index in [0.29, 0.717) is 18.9 Å². The molecule has 0 saturated carbocycles. The van der Waals surface area contributed by atoms with E-state index in [1.807, 2.05) is 0 Å². The Bertz CT molecular complexity index is 154. The Morgan fingerprint density at radius 1 is 1.29 bits per heavy atom. The quantitative estimate of drug-likeness (QED) is 0.554. The molecule has 0 amide bonds. The lowest BCUT2D eigenvalue weighted by molar-refractivity contribution is 0.228. The second-order valence-electron chi connectivity index (χ2n) is 3.80. The number of nitrogens with zero attached hydrogens (tertiary/aromatic N) is 1. The van der Waals surface area contributed by atoms with Crippen molar-refractivity contribution in [3.8, 4) is 6.07 Å². The summed E-state index contributed by atoms with van der Waals surface area (Å²) in [4.78, 5) is 0. The molecule has 0 saturated heterocycles. The lowest BCUT2D eigenvalue weighted by Crippen LogP contribution is -2.17. The summed E-state index contributed by atoms with van der Waals surface area (Å²) >= 11 is 0. The van der Waals surface area contributed by atoms with E-state index in [-0.39, 0.29) is 0 Å². The van der Waals surface area contributed by atoms with Crippen LogP contribution in [0.3, 0.4) is 0 Å². The van der Waals surface area contributed by atoms with Crippen molar-refractivity contribution in [2.45, 2.75) is 39.0 Å². The molecular weight excluding hydrogens is 176 g/mol. The van der Waals surface area contributed by atoms with E-state index in [1.54, 1.807) is 0 Å². The second kappa shape index (κ2) is 10.5. The topological polar surface area (TPSA) is 56.0 Å². The van der Waals surface area contributed by atoms with Crippen LogP contribution in [0.25, 0.3) is 0 Å². The van der Waals surface area contributed by atoms with E-state index >= 15 is 0 Å². The molecule has 0 aliphatic rings. The first-order valence-electron chi connectivity index (χ1n) is 5.49. The lowest BCUT2D eigenvalue weighted by Gasteiger charge is -2.07. The van der Waals surface area contributed by atoms with Crippen molar-refractivity contribution in [2.24, 2.45) is 5.92 Å². The van der Waals surface area contributed by atoms with Gasteiger partial charge in [0.15, 0.2) is 0 Å². The normalized spacial score (nSPS) is 12.4. The van der Waals surface area contributed by atoms with Gasteiger partial charge in [-0.25, -0.2) is 0 Å². The third-order valence-corrected chi connectivity index (χ3v) is 2.25. The van der Waals surface area contributed by atoms with Gasteiger partial charge in [0.05, 0.1) is 6.07 Å². The average Bonchev–Trinajstić information content (AvgIpc) is 2.21. The van der Waals surface area contributed by atoms with E-state index in [1.165, 1.54) is 0 Å². The van der Waals surface area contributed by atoms with Crippen LogP contribution in [0.2, 0.25) is 0 Å². The summed E-state index contributed by atoms with van der Waals surface area (Å²) in [5.41, 5.74) is 0. The summed E-state index contributed by atoms with van der Waals surface area (Å²) in [5, 5.41) is 20.4. The fraction of sp³-hybridized carbons (Fsp3) is 0.909. The van der Waals surface area contributed by atoms with Gasteiger partial charge >= 0.3 is 0 Å². The molecule has 0 rings (SSSR count). The first kappa shape index (κ1) is 13.4. The first-order valence-corrected chi connectivity index (χ1v) is 5.49. The van der Waals surface area contributed by atoms with Gasteiger partial charge < -0.3 is 10.4 Å². The van der Waals surface area contributed by atoms with Crippen LogP contribution in [-0.2, 0) is 0 Å². The van der Waals surface area contributed by atoms with Gasteiger partial charge in [0, 0.05) is 13.0 Å². The van der Waals surface area contributed by atoms with Crippen LogP contribution in [0.4, 0.5) is 0 Å². The van der Waals surface area contributed by atoms with Crippen molar-refractivity contribution in [1.82, 2.24) is 5.32 Å². The molecule has 0 heterocycles. The zero-order chi connectivity index (χ0) is 10.6. The molecule has 0 aliphatic carbocycles. The SMILES string of the molecule is CC(CO)CCCNCCCCC#N. The van der Waals surface area contributed by atoms with Crippen molar-refractivity contribution in [1.29, 1.82) is 5.26 Å². The summed E-state index contributed by atoms with van der Waals surface area (Å²) in [6, 6.07) is 2.14. The Kier molecular flexibility index (Phi) is 10.0. The second-order valence-corrected chi connectivity index (χ2v) is 3.80. The van der Waals surface area contributed by atoms with Crippen molar-refractivity contribution in [3.05, 3.63) is 0 Å². The lowest BCUT2D eigenvalue weighted by atomic mass is 10.1. The summed E-state index contributed by atoms with van der Waals surface area (Å²) < 4.78 is 0. The first-order chi connectivity index (χ1) is 6.81. The Morgan fingerprint density at radius 3 is 2.64 bits per heavy atom. The van der Waals surface area contributed by atoms with Gasteiger partial charge in [-0.1, -0.05) is 6.92 Å². The molecule has 0 radical (unpaired) electrons. The van der Waals surface area contributed by atoms with E-state index in [4.69, 9.17) is 10.4 Å². The average molecular weight is 198 g/mol. The van der Waals surface area contributed by atoms with Crippen LogP contribution in [0.15, 0.2) is 0 Å². The largest absolute Gasteiger partial charge is 0.396 e. The number of rotatable bonds is 9. The maximum atomic E-state index is 8.78. The van der Waals surface area contributed by atoms with Crippen molar-refractivity contribution in [2.75, 3.05) is 19.7 Å². The highest BCUT2D eigenvalue weighted by molar-refractivity contribution is 4.68. The molecule has 1 atom stereocenters. The van der Waals surface area contributed by atoms with E-state index < -0.39 is 0 Å². The zero-order valence-electron chi connectivity index (χ0n) is 9.13. The van der Waals surface area contributed by atoms with Crippen molar-refractivity contribution < 1.29 is 5.11 Å². The highest BCUT2D eigenvalue weighted by Gasteiger charge is 1.98. The number of nitrogens with one attached hydrogen (secondary N) is 1. The molecule has 2 N–H and O–H groups in total. The van der Waals surface area contributed by atoms with Crippen LogP contribution < -0.4 is 5.32 Å². The predicted octanol–water partition coefficient (Wildman–Crippen LogP) is 1.68.